The second-order valence-electron chi connectivity index (χ2n) is 3.97. The van der Waals surface area contributed by atoms with Crippen LogP contribution in [0.1, 0.15) is 30.7 Å². The van der Waals surface area contributed by atoms with Crippen molar-refractivity contribution in [2.24, 2.45) is 0 Å². The first-order valence-electron chi connectivity index (χ1n) is 5.73. The summed E-state index contributed by atoms with van der Waals surface area (Å²) in [6, 6.07) is 5.13. The molecular weight excluding hydrogens is 275 g/mol. The molecule has 1 rings (SSSR count). The Balaban J connectivity index is 2.87. The fourth-order valence-corrected chi connectivity index (χ4v) is 2.06. The molecule has 5 heteroatoms. The minimum absolute atomic E-state index is 0.120. The van der Waals surface area contributed by atoms with Gasteiger partial charge in [-0.3, -0.25) is 4.79 Å². The Kier molecular flexibility index (Phi) is 6.47. The van der Waals surface area contributed by atoms with E-state index in [0.717, 1.165) is 12.0 Å². The fourth-order valence-electron chi connectivity index (χ4n) is 1.75. The number of unbranched alkanes of at least 4 members (excludes halogenated alkanes) is 1. The summed E-state index contributed by atoms with van der Waals surface area (Å²) in [5, 5.41) is 9.65. The van der Waals surface area contributed by atoms with Gasteiger partial charge < -0.3 is 9.84 Å². The summed E-state index contributed by atoms with van der Waals surface area (Å²) in [5.41, 5.74) is 0.786. The van der Waals surface area contributed by atoms with E-state index in [-0.39, 0.29) is 18.5 Å². The molecule has 1 aromatic rings. The standard InChI is InChI=1S/C13H16Cl2O3/c1-18-13(17)10(4-2-3-7-16)9-5-6-11(14)12(15)8-9/h5-6,8,10,16H,2-4,7H2,1H3. The van der Waals surface area contributed by atoms with Crippen molar-refractivity contribution in [2.75, 3.05) is 13.7 Å². The van der Waals surface area contributed by atoms with Crippen molar-refractivity contribution in [1.82, 2.24) is 0 Å². The van der Waals surface area contributed by atoms with Gasteiger partial charge >= 0.3 is 5.97 Å². The molecule has 1 unspecified atom stereocenters. The maximum absolute atomic E-state index is 11.7. The van der Waals surface area contributed by atoms with Gasteiger partial charge in [0.05, 0.1) is 23.1 Å². The number of methoxy groups -OCH3 is 1. The van der Waals surface area contributed by atoms with Crippen LogP contribution >= 0.6 is 23.2 Å². The minimum atomic E-state index is -0.365. The quantitative estimate of drug-likeness (QED) is 0.645. The molecule has 0 aliphatic rings. The van der Waals surface area contributed by atoms with Gasteiger partial charge in [-0.1, -0.05) is 29.3 Å². The normalized spacial score (nSPS) is 12.2. The molecule has 0 saturated carbocycles. The molecule has 0 radical (unpaired) electrons. The van der Waals surface area contributed by atoms with E-state index in [1.54, 1.807) is 18.2 Å². The van der Waals surface area contributed by atoms with E-state index in [9.17, 15) is 4.79 Å². The minimum Gasteiger partial charge on any atom is -0.469 e. The highest BCUT2D eigenvalue weighted by Gasteiger charge is 2.21. The molecular formula is C13H16Cl2O3. The molecule has 1 aromatic carbocycles. The Hall–Kier alpha value is -0.770. The number of halogens is 2. The van der Waals surface area contributed by atoms with Gasteiger partial charge in [0.1, 0.15) is 0 Å². The van der Waals surface area contributed by atoms with E-state index in [1.807, 2.05) is 0 Å². The lowest BCUT2D eigenvalue weighted by atomic mass is 9.93. The van der Waals surface area contributed by atoms with Crippen LogP contribution < -0.4 is 0 Å². The lowest BCUT2D eigenvalue weighted by Crippen LogP contribution is -2.14. The van der Waals surface area contributed by atoms with Gasteiger partial charge in [-0.15, -0.1) is 0 Å². The third-order valence-electron chi connectivity index (χ3n) is 2.73. The molecule has 0 fully saturated rings. The lowest BCUT2D eigenvalue weighted by Gasteiger charge is -2.15. The average Bonchev–Trinajstić information content (AvgIpc) is 2.37. The van der Waals surface area contributed by atoms with Crippen LogP contribution in [0.4, 0.5) is 0 Å². The molecule has 0 heterocycles. The van der Waals surface area contributed by atoms with Gasteiger partial charge in [0.2, 0.25) is 0 Å². The topological polar surface area (TPSA) is 46.5 Å². The number of benzene rings is 1. The third-order valence-corrected chi connectivity index (χ3v) is 3.47. The van der Waals surface area contributed by atoms with E-state index >= 15 is 0 Å². The number of aliphatic hydroxyl groups excluding tert-OH is 1. The fraction of sp³-hybridized carbons (Fsp3) is 0.462. The second kappa shape index (κ2) is 7.62. The molecule has 100 valence electrons. The van der Waals surface area contributed by atoms with Gasteiger partial charge in [0.25, 0.3) is 0 Å². The number of carbonyl (C=O) groups excluding carboxylic acids is 1. The zero-order valence-electron chi connectivity index (χ0n) is 10.2. The maximum atomic E-state index is 11.7. The molecule has 18 heavy (non-hydrogen) atoms. The second-order valence-corrected chi connectivity index (χ2v) is 4.78. The number of aliphatic hydroxyl groups is 1. The third kappa shape index (κ3) is 4.16. The highest BCUT2D eigenvalue weighted by atomic mass is 35.5. The summed E-state index contributed by atoms with van der Waals surface area (Å²) < 4.78 is 4.79. The van der Waals surface area contributed by atoms with Crippen molar-refractivity contribution >= 4 is 29.2 Å². The summed E-state index contributed by atoms with van der Waals surface area (Å²) in [5.74, 6) is -0.664. The predicted molar refractivity (Wildman–Crippen MR) is 72.2 cm³/mol. The molecule has 0 saturated heterocycles. The molecule has 3 nitrogen and oxygen atoms in total. The van der Waals surface area contributed by atoms with Crippen LogP contribution in [0.25, 0.3) is 0 Å². The molecule has 0 aliphatic carbocycles. The van der Waals surface area contributed by atoms with Crippen LogP contribution in [0.2, 0.25) is 10.0 Å². The van der Waals surface area contributed by atoms with Gasteiger partial charge in [-0.05, 0) is 37.0 Å². The maximum Gasteiger partial charge on any atom is 0.313 e. The number of hydrogen-bond donors (Lipinski definition) is 1. The lowest BCUT2D eigenvalue weighted by molar-refractivity contribution is -0.142. The van der Waals surface area contributed by atoms with E-state index in [4.69, 9.17) is 33.0 Å². The number of ether oxygens (including phenoxy) is 1. The van der Waals surface area contributed by atoms with Crippen molar-refractivity contribution in [3.05, 3.63) is 33.8 Å². The Morgan fingerprint density at radius 1 is 1.33 bits per heavy atom. The van der Waals surface area contributed by atoms with E-state index in [0.29, 0.717) is 22.9 Å². The zero-order valence-corrected chi connectivity index (χ0v) is 11.7. The monoisotopic (exact) mass is 290 g/mol. The van der Waals surface area contributed by atoms with Crippen LogP contribution in [0, 0.1) is 0 Å². The van der Waals surface area contributed by atoms with Crippen LogP contribution in [0.5, 0.6) is 0 Å². The molecule has 0 amide bonds. The smallest absolute Gasteiger partial charge is 0.313 e. The number of rotatable bonds is 6. The van der Waals surface area contributed by atoms with Crippen molar-refractivity contribution in [3.63, 3.8) is 0 Å². The number of carbonyl (C=O) groups is 1. The summed E-state index contributed by atoms with van der Waals surface area (Å²) >= 11 is 11.8. The molecule has 1 N–H and O–H groups in total. The highest BCUT2D eigenvalue weighted by Crippen LogP contribution is 2.29. The van der Waals surface area contributed by atoms with Crippen molar-refractivity contribution < 1.29 is 14.6 Å². The Morgan fingerprint density at radius 3 is 2.61 bits per heavy atom. The first kappa shape index (κ1) is 15.3. The van der Waals surface area contributed by atoms with Crippen LogP contribution in [0.15, 0.2) is 18.2 Å². The molecule has 0 spiro atoms. The first-order chi connectivity index (χ1) is 8.60. The van der Waals surface area contributed by atoms with E-state index in [2.05, 4.69) is 0 Å². The Morgan fingerprint density at radius 2 is 2.06 bits per heavy atom. The molecule has 0 bridgehead atoms. The highest BCUT2D eigenvalue weighted by molar-refractivity contribution is 6.42. The summed E-state index contributed by atoms with van der Waals surface area (Å²) in [7, 11) is 1.36. The van der Waals surface area contributed by atoms with Crippen molar-refractivity contribution in [2.45, 2.75) is 25.2 Å². The zero-order chi connectivity index (χ0) is 13.5. The van der Waals surface area contributed by atoms with Gasteiger partial charge in [-0.25, -0.2) is 0 Å². The van der Waals surface area contributed by atoms with E-state index in [1.165, 1.54) is 7.11 Å². The summed E-state index contributed by atoms with van der Waals surface area (Å²) in [4.78, 5) is 11.7. The number of hydrogen-bond acceptors (Lipinski definition) is 3. The van der Waals surface area contributed by atoms with Gasteiger partial charge in [0, 0.05) is 6.61 Å². The van der Waals surface area contributed by atoms with Gasteiger partial charge in [-0.2, -0.15) is 0 Å². The molecule has 0 aliphatic heterocycles. The first-order valence-corrected chi connectivity index (χ1v) is 6.49. The van der Waals surface area contributed by atoms with Crippen LogP contribution in [-0.2, 0) is 9.53 Å². The SMILES string of the molecule is COC(=O)C(CCCCO)c1ccc(Cl)c(Cl)c1. The predicted octanol–water partition coefficient (Wildman–Crippen LogP) is 3.41. The summed E-state index contributed by atoms with van der Waals surface area (Å²) in [6.07, 6.45) is 2.02. The summed E-state index contributed by atoms with van der Waals surface area (Å²) in [6.45, 7) is 0.120. The Bertz CT molecular complexity index is 407. The van der Waals surface area contributed by atoms with Gasteiger partial charge in [0.15, 0.2) is 0 Å². The van der Waals surface area contributed by atoms with Crippen LogP contribution in [0.3, 0.4) is 0 Å². The van der Waals surface area contributed by atoms with Crippen molar-refractivity contribution in [1.29, 1.82) is 0 Å². The van der Waals surface area contributed by atoms with E-state index < -0.39 is 0 Å². The van der Waals surface area contributed by atoms with Crippen molar-refractivity contribution in [3.8, 4) is 0 Å². The average molecular weight is 291 g/mol. The number of esters is 1. The largest absolute Gasteiger partial charge is 0.469 e. The molecule has 1 atom stereocenters. The Labute approximate surface area is 117 Å². The molecule has 0 aromatic heterocycles. The van der Waals surface area contributed by atoms with Crippen LogP contribution in [-0.4, -0.2) is 24.8 Å².